The van der Waals surface area contributed by atoms with Gasteiger partial charge in [-0.05, 0) is 12.0 Å². The van der Waals surface area contributed by atoms with Crippen LogP contribution in [-0.2, 0) is 0 Å². The third kappa shape index (κ3) is 3.59. The fourth-order valence-corrected chi connectivity index (χ4v) is 1.42. The molecule has 0 saturated heterocycles. The molecule has 98 valence electrons. The van der Waals surface area contributed by atoms with Gasteiger partial charge in [-0.15, -0.1) is 12.4 Å². The number of nitrogens with two attached hydrogens (primary N) is 1. The van der Waals surface area contributed by atoms with Gasteiger partial charge in [0.25, 0.3) is 0 Å². The summed E-state index contributed by atoms with van der Waals surface area (Å²) < 4.78 is 39.1. The molecule has 0 amide bonds. The standard InChI is InChI=1S/C11H14F3NO.ClH/c1-5(2)11(16)10(15)7-3-6(12)4-8(13)9(7)14;/h3-5,10-11,16H,15H2,1-2H3;1H/t10-,11+;/m0./s1. The summed E-state index contributed by atoms with van der Waals surface area (Å²) in [4.78, 5) is 0. The summed E-state index contributed by atoms with van der Waals surface area (Å²) >= 11 is 0. The molecule has 0 aromatic heterocycles. The number of hydrogen-bond donors (Lipinski definition) is 2. The zero-order chi connectivity index (χ0) is 12.5. The van der Waals surface area contributed by atoms with E-state index in [0.717, 1.165) is 6.07 Å². The van der Waals surface area contributed by atoms with Crippen molar-refractivity contribution in [1.29, 1.82) is 0 Å². The molecule has 0 aliphatic rings. The normalized spacial score (nSPS) is 14.4. The molecule has 1 aromatic carbocycles. The maximum Gasteiger partial charge on any atom is 0.163 e. The van der Waals surface area contributed by atoms with Crippen molar-refractivity contribution < 1.29 is 18.3 Å². The Morgan fingerprint density at radius 2 is 1.71 bits per heavy atom. The molecule has 0 spiro atoms. The molecule has 17 heavy (non-hydrogen) atoms. The fraction of sp³-hybridized carbons (Fsp3) is 0.455. The molecule has 3 N–H and O–H groups in total. The van der Waals surface area contributed by atoms with E-state index >= 15 is 0 Å². The highest BCUT2D eigenvalue weighted by Gasteiger charge is 2.25. The molecule has 0 bridgehead atoms. The fourth-order valence-electron chi connectivity index (χ4n) is 1.42. The maximum absolute atomic E-state index is 13.3. The molecule has 1 aromatic rings. The first-order valence-electron chi connectivity index (χ1n) is 4.92. The van der Waals surface area contributed by atoms with Crippen molar-refractivity contribution in [2.24, 2.45) is 11.7 Å². The van der Waals surface area contributed by atoms with E-state index in [4.69, 9.17) is 5.73 Å². The van der Waals surface area contributed by atoms with Crippen molar-refractivity contribution in [1.82, 2.24) is 0 Å². The smallest absolute Gasteiger partial charge is 0.163 e. The van der Waals surface area contributed by atoms with Crippen LogP contribution in [-0.4, -0.2) is 11.2 Å². The highest BCUT2D eigenvalue weighted by molar-refractivity contribution is 5.85. The Kier molecular flexibility index (Phi) is 5.95. The van der Waals surface area contributed by atoms with E-state index in [1.165, 1.54) is 0 Å². The second-order valence-corrected chi connectivity index (χ2v) is 4.05. The van der Waals surface area contributed by atoms with Crippen LogP contribution in [0, 0.1) is 23.4 Å². The molecule has 0 unspecified atom stereocenters. The number of rotatable bonds is 3. The Morgan fingerprint density at radius 3 is 2.18 bits per heavy atom. The molecule has 1 rings (SSSR count). The third-order valence-electron chi connectivity index (χ3n) is 2.43. The number of benzene rings is 1. The quantitative estimate of drug-likeness (QED) is 0.829. The van der Waals surface area contributed by atoms with Crippen molar-refractivity contribution in [2.75, 3.05) is 0 Å². The average Bonchev–Trinajstić information content (AvgIpc) is 2.21. The molecule has 0 saturated carbocycles. The largest absolute Gasteiger partial charge is 0.391 e. The second kappa shape index (κ2) is 6.23. The van der Waals surface area contributed by atoms with E-state index in [0.29, 0.717) is 6.07 Å². The van der Waals surface area contributed by atoms with Gasteiger partial charge in [0.15, 0.2) is 11.6 Å². The number of aliphatic hydroxyl groups excluding tert-OH is 1. The lowest BCUT2D eigenvalue weighted by Crippen LogP contribution is -2.31. The van der Waals surface area contributed by atoms with Gasteiger partial charge in [-0.1, -0.05) is 13.8 Å². The lowest BCUT2D eigenvalue weighted by Gasteiger charge is -2.22. The van der Waals surface area contributed by atoms with Crippen molar-refractivity contribution >= 4 is 12.4 Å². The van der Waals surface area contributed by atoms with Crippen molar-refractivity contribution in [2.45, 2.75) is 26.0 Å². The molecule has 0 aliphatic heterocycles. The third-order valence-corrected chi connectivity index (χ3v) is 2.43. The van der Waals surface area contributed by atoms with Crippen molar-refractivity contribution in [3.05, 3.63) is 35.1 Å². The SMILES string of the molecule is CC(C)[C@@H](O)[C@@H](N)c1cc(F)cc(F)c1F.Cl. The minimum atomic E-state index is -1.30. The first kappa shape index (κ1) is 16.2. The second-order valence-electron chi connectivity index (χ2n) is 4.05. The van der Waals surface area contributed by atoms with Crippen LogP contribution in [0.5, 0.6) is 0 Å². The molecule has 0 heterocycles. The van der Waals surface area contributed by atoms with Gasteiger partial charge in [0.1, 0.15) is 5.82 Å². The van der Waals surface area contributed by atoms with Crippen molar-refractivity contribution in [3.63, 3.8) is 0 Å². The first-order chi connectivity index (χ1) is 7.34. The Morgan fingerprint density at radius 1 is 1.18 bits per heavy atom. The van der Waals surface area contributed by atoms with Crippen LogP contribution in [0.2, 0.25) is 0 Å². The molecule has 6 heteroatoms. The zero-order valence-corrected chi connectivity index (χ0v) is 10.3. The molecule has 2 atom stereocenters. The van der Waals surface area contributed by atoms with Gasteiger partial charge in [0, 0.05) is 11.6 Å². The average molecular weight is 270 g/mol. The van der Waals surface area contributed by atoms with E-state index in [-0.39, 0.29) is 23.9 Å². The van der Waals surface area contributed by atoms with Crippen molar-refractivity contribution in [3.8, 4) is 0 Å². The molecule has 0 radical (unpaired) electrons. The van der Waals surface area contributed by atoms with Crippen LogP contribution in [0.15, 0.2) is 12.1 Å². The van der Waals surface area contributed by atoms with Gasteiger partial charge >= 0.3 is 0 Å². The van der Waals surface area contributed by atoms with Gasteiger partial charge in [-0.2, -0.15) is 0 Å². The lowest BCUT2D eigenvalue weighted by molar-refractivity contribution is 0.0962. The summed E-state index contributed by atoms with van der Waals surface area (Å²) in [5.41, 5.74) is 5.21. The predicted octanol–water partition coefficient (Wildman–Crippen LogP) is 2.54. The lowest BCUT2D eigenvalue weighted by atomic mass is 9.94. The van der Waals surface area contributed by atoms with Gasteiger partial charge in [-0.3, -0.25) is 0 Å². The topological polar surface area (TPSA) is 46.2 Å². The number of aliphatic hydroxyl groups is 1. The molecular weight excluding hydrogens is 255 g/mol. The van der Waals surface area contributed by atoms with Crippen LogP contribution in [0.25, 0.3) is 0 Å². The Bertz CT molecular complexity index is 387. The summed E-state index contributed by atoms with van der Waals surface area (Å²) in [7, 11) is 0. The monoisotopic (exact) mass is 269 g/mol. The maximum atomic E-state index is 13.3. The molecule has 0 aliphatic carbocycles. The summed E-state index contributed by atoms with van der Waals surface area (Å²) in [6, 6.07) is 0.0901. The van der Waals surface area contributed by atoms with E-state index in [1.54, 1.807) is 13.8 Å². The summed E-state index contributed by atoms with van der Waals surface area (Å²) in [6.07, 6.45) is -1.06. The molecule has 2 nitrogen and oxygen atoms in total. The number of hydrogen-bond acceptors (Lipinski definition) is 2. The predicted molar refractivity (Wildman–Crippen MR) is 61.3 cm³/mol. The zero-order valence-electron chi connectivity index (χ0n) is 9.45. The van der Waals surface area contributed by atoms with Crippen LogP contribution in [0.3, 0.4) is 0 Å². The Hall–Kier alpha value is -0.780. The van der Waals surface area contributed by atoms with Gasteiger partial charge in [0.2, 0.25) is 0 Å². The first-order valence-corrected chi connectivity index (χ1v) is 4.92. The van der Waals surface area contributed by atoms with Crippen LogP contribution >= 0.6 is 12.4 Å². The van der Waals surface area contributed by atoms with Gasteiger partial charge in [-0.25, -0.2) is 13.2 Å². The van der Waals surface area contributed by atoms with Gasteiger partial charge in [0.05, 0.1) is 12.1 Å². The highest BCUT2D eigenvalue weighted by atomic mass is 35.5. The van der Waals surface area contributed by atoms with E-state index < -0.39 is 29.6 Å². The van der Waals surface area contributed by atoms with E-state index in [9.17, 15) is 18.3 Å². The molecule has 0 fully saturated rings. The van der Waals surface area contributed by atoms with E-state index in [1.807, 2.05) is 0 Å². The number of halogens is 4. The van der Waals surface area contributed by atoms with Gasteiger partial charge < -0.3 is 10.8 Å². The highest BCUT2D eigenvalue weighted by Crippen LogP contribution is 2.24. The summed E-state index contributed by atoms with van der Waals surface area (Å²) in [5, 5.41) is 9.62. The minimum Gasteiger partial charge on any atom is -0.391 e. The molecular formula is C11H15ClF3NO. The Labute approximate surface area is 104 Å². The Balaban J connectivity index is 0.00000256. The van der Waals surface area contributed by atoms with E-state index in [2.05, 4.69) is 0 Å². The summed E-state index contributed by atoms with van der Waals surface area (Å²) in [6.45, 7) is 3.36. The van der Waals surface area contributed by atoms with Crippen LogP contribution in [0.1, 0.15) is 25.5 Å². The van der Waals surface area contributed by atoms with Crippen LogP contribution in [0.4, 0.5) is 13.2 Å². The van der Waals surface area contributed by atoms with Crippen LogP contribution < -0.4 is 5.73 Å². The summed E-state index contributed by atoms with van der Waals surface area (Å²) in [5.74, 6) is -3.67. The minimum absolute atomic E-state index is 0.